The van der Waals surface area contributed by atoms with E-state index in [-0.39, 0.29) is 11.3 Å². The summed E-state index contributed by atoms with van der Waals surface area (Å²) < 4.78 is 5.69. The molecule has 5 rings (SSSR count). The lowest BCUT2D eigenvalue weighted by Crippen LogP contribution is -2.47. The van der Waals surface area contributed by atoms with Crippen LogP contribution in [0.25, 0.3) is 11.0 Å². The molecule has 4 aromatic rings. The van der Waals surface area contributed by atoms with Gasteiger partial charge in [-0.15, -0.1) is 0 Å². The third-order valence-electron chi connectivity index (χ3n) is 4.95. The normalized spacial score (nSPS) is 15.7. The monoisotopic (exact) mass is 383 g/mol. The zero-order valence-corrected chi connectivity index (χ0v) is 15.3. The number of hydrogen-bond donors (Lipinski definition) is 2. The van der Waals surface area contributed by atoms with E-state index in [1.54, 1.807) is 24.3 Å². The Hall–Kier alpha value is -4.06. The van der Waals surface area contributed by atoms with Crippen molar-refractivity contribution in [3.8, 4) is 0 Å². The molecule has 6 heteroatoms. The highest BCUT2D eigenvalue weighted by Gasteiger charge is 2.35. The van der Waals surface area contributed by atoms with Gasteiger partial charge in [-0.1, -0.05) is 42.5 Å². The first kappa shape index (κ1) is 17.1. The van der Waals surface area contributed by atoms with Gasteiger partial charge >= 0.3 is 0 Å². The third kappa shape index (κ3) is 2.91. The molecule has 0 spiro atoms. The molecule has 1 aliphatic heterocycles. The topological polar surface area (TPSA) is 74.6 Å². The smallest absolute Gasteiger partial charge is 0.276 e. The Morgan fingerprint density at radius 2 is 1.59 bits per heavy atom. The highest BCUT2D eigenvalue weighted by atomic mass is 16.3. The van der Waals surface area contributed by atoms with Gasteiger partial charge in [0.05, 0.1) is 22.2 Å². The van der Waals surface area contributed by atoms with Crippen LogP contribution in [0.4, 0.5) is 11.4 Å². The van der Waals surface area contributed by atoms with Crippen molar-refractivity contribution in [3.05, 3.63) is 106 Å². The van der Waals surface area contributed by atoms with E-state index in [2.05, 4.69) is 10.7 Å². The summed E-state index contributed by atoms with van der Waals surface area (Å²) in [5.74, 6) is -0.235. The van der Waals surface area contributed by atoms with Crippen LogP contribution < -0.4 is 16.2 Å². The van der Waals surface area contributed by atoms with Crippen LogP contribution in [0.3, 0.4) is 0 Å². The Morgan fingerprint density at radius 1 is 0.862 bits per heavy atom. The Balaban J connectivity index is 1.65. The number of fused-ring (bicyclic) bond motifs is 2. The highest BCUT2D eigenvalue weighted by Crippen LogP contribution is 2.32. The number of carbonyl (C=O) groups is 1. The molecule has 29 heavy (non-hydrogen) atoms. The van der Waals surface area contributed by atoms with Crippen LogP contribution in [0.15, 0.2) is 94.3 Å². The molecule has 2 heterocycles. The fraction of sp³-hybridized carbons (Fsp3) is 0.0435. The maximum absolute atomic E-state index is 13.3. The first-order valence-corrected chi connectivity index (χ1v) is 9.23. The number of para-hydroxylation sites is 3. The second-order valence-electron chi connectivity index (χ2n) is 6.76. The molecule has 0 fully saturated rings. The van der Waals surface area contributed by atoms with Crippen LogP contribution in [0.2, 0.25) is 0 Å². The number of anilines is 2. The Labute approximate surface area is 166 Å². The van der Waals surface area contributed by atoms with Gasteiger partial charge < -0.3 is 9.73 Å². The van der Waals surface area contributed by atoms with E-state index in [1.807, 2.05) is 54.6 Å². The van der Waals surface area contributed by atoms with Crippen LogP contribution in [-0.2, 0) is 0 Å². The average molecular weight is 383 g/mol. The van der Waals surface area contributed by atoms with Crippen LogP contribution >= 0.6 is 0 Å². The van der Waals surface area contributed by atoms with Crippen molar-refractivity contribution in [2.24, 2.45) is 0 Å². The predicted octanol–water partition coefficient (Wildman–Crippen LogP) is 4.39. The van der Waals surface area contributed by atoms with Crippen molar-refractivity contribution in [2.75, 3.05) is 10.7 Å². The van der Waals surface area contributed by atoms with E-state index in [0.717, 1.165) is 5.69 Å². The fourth-order valence-electron chi connectivity index (χ4n) is 3.52. The van der Waals surface area contributed by atoms with E-state index in [0.29, 0.717) is 27.8 Å². The van der Waals surface area contributed by atoms with Crippen molar-refractivity contribution in [3.63, 3.8) is 0 Å². The van der Waals surface area contributed by atoms with Gasteiger partial charge in [-0.05, 0) is 36.4 Å². The molecule has 1 aromatic heterocycles. The largest absolute Gasteiger partial charge is 0.464 e. The predicted molar refractivity (Wildman–Crippen MR) is 112 cm³/mol. The summed E-state index contributed by atoms with van der Waals surface area (Å²) in [6.45, 7) is 0. The molecule has 0 bridgehead atoms. The van der Waals surface area contributed by atoms with Gasteiger partial charge in [0, 0.05) is 5.69 Å². The van der Waals surface area contributed by atoms with E-state index in [9.17, 15) is 9.59 Å². The van der Waals surface area contributed by atoms with Crippen LogP contribution in [-0.4, -0.2) is 10.9 Å². The minimum absolute atomic E-state index is 0.184. The molecule has 0 aliphatic carbocycles. The average Bonchev–Trinajstić information content (AvgIpc) is 2.77. The standard InChI is InChI=1S/C23H17N3O3/c27-21-17-11-5-7-13-20(17)29-14-18(21)22-24-19-12-6-4-10-16(19)23(28)26(22)25-15-8-2-1-3-9-15/h1-14,22,24-25H. The van der Waals surface area contributed by atoms with Gasteiger partial charge in [-0.2, -0.15) is 0 Å². The van der Waals surface area contributed by atoms with Crippen LogP contribution in [0.1, 0.15) is 22.1 Å². The summed E-state index contributed by atoms with van der Waals surface area (Å²) in [4.78, 5) is 26.4. The minimum Gasteiger partial charge on any atom is -0.464 e. The summed E-state index contributed by atoms with van der Waals surface area (Å²) in [6, 6.07) is 23.6. The molecule has 2 N–H and O–H groups in total. The second-order valence-corrected chi connectivity index (χ2v) is 6.76. The molecule has 6 nitrogen and oxygen atoms in total. The highest BCUT2D eigenvalue weighted by molar-refractivity contribution is 6.02. The molecular formula is C23H17N3O3. The number of nitrogens with zero attached hydrogens (tertiary/aromatic N) is 1. The molecule has 142 valence electrons. The summed E-state index contributed by atoms with van der Waals surface area (Å²) >= 11 is 0. The van der Waals surface area contributed by atoms with Crippen LogP contribution in [0.5, 0.6) is 0 Å². The molecule has 1 aliphatic rings. The summed E-state index contributed by atoms with van der Waals surface area (Å²) in [7, 11) is 0. The SMILES string of the molecule is O=C1c2ccccc2NC(c2coc3ccccc3c2=O)N1Nc1ccccc1. The molecule has 0 saturated heterocycles. The Bertz CT molecular complexity index is 1270. The Morgan fingerprint density at radius 3 is 2.45 bits per heavy atom. The Kier molecular flexibility index (Phi) is 4.02. The van der Waals surface area contributed by atoms with E-state index in [4.69, 9.17) is 4.42 Å². The van der Waals surface area contributed by atoms with Gasteiger partial charge in [0.15, 0.2) is 11.6 Å². The summed E-state index contributed by atoms with van der Waals surface area (Å²) in [5, 5.41) is 5.20. The molecule has 0 radical (unpaired) electrons. The quantitative estimate of drug-likeness (QED) is 0.549. The number of benzene rings is 3. The van der Waals surface area contributed by atoms with Gasteiger partial charge in [-0.25, -0.2) is 5.01 Å². The lowest BCUT2D eigenvalue weighted by Gasteiger charge is -2.37. The van der Waals surface area contributed by atoms with Crippen molar-refractivity contribution in [1.29, 1.82) is 0 Å². The molecule has 0 saturated carbocycles. The van der Waals surface area contributed by atoms with E-state index in [1.165, 1.54) is 11.3 Å². The number of hydrogen-bond acceptors (Lipinski definition) is 5. The number of rotatable bonds is 3. The lowest BCUT2D eigenvalue weighted by molar-refractivity contribution is 0.0731. The maximum atomic E-state index is 13.3. The van der Waals surface area contributed by atoms with Crippen molar-refractivity contribution in [2.45, 2.75) is 6.17 Å². The number of nitrogens with one attached hydrogen (secondary N) is 2. The van der Waals surface area contributed by atoms with Gasteiger partial charge in [0.25, 0.3) is 5.91 Å². The van der Waals surface area contributed by atoms with Crippen molar-refractivity contribution >= 4 is 28.3 Å². The van der Waals surface area contributed by atoms with Gasteiger partial charge in [0.1, 0.15) is 11.8 Å². The van der Waals surface area contributed by atoms with Crippen molar-refractivity contribution < 1.29 is 9.21 Å². The van der Waals surface area contributed by atoms with Gasteiger partial charge in [-0.3, -0.25) is 15.0 Å². The number of carbonyl (C=O) groups excluding carboxylic acids is 1. The molecular weight excluding hydrogens is 366 g/mol. The first-order chi connectivity index (χ1) is 14.2. The minimum atomic E-state index is -0.738. The third-order valence-corrected chi connectivity index (χ3v) is 4.95. The zero-order chi connectivity index (χ0) is 19.8. The van der Waals surface area contributed by atoms with E-state index >= 15 is 0 Å². The molecule has 1 atom stereocenters. The second kappa shape index (κ2) is 6.83. The number of hydrazine groups is 1. The zero-order valence-electron chi connectivity index (χ0n) is 15.3. The molecule has 3 aromatic carbocycles. The lowest BCUT2D eigenvalue weighted by atomic mass is 10.0. The van der Waals surface area contributed by atoms with Gasteiger partial charge in [0.2, 0.25) is 0 Å². The number of amides is 1. The maximum Gasteiger partial charge on any atom is 0.276 e. The molecule has 1 amide bonds. The fourth-order valence-corrected chi connectivity index (χ4v) is 3.52. The van der Waals surface area contributed by atoms with Crippen molar-refractivity contribution in [1.82, 2.24) is 5.01 Å². The summed E-state index contributed by atoms with van der Waals surface area (Å²) in [5.41, 5.74) is 5.73. The van der Waals surface area contributed by atoms with Crippen LogP contribution in [0, 0.1) is 0 Å². The summed E-state index contributed by atoms with van der Waals surface area (Å²) in [6.07, 6.45) is 0.682. The van der Waals surface area contributed by atoms with E-state index < -0.39 is 6.17 Å². The molecule has 1 unspecified atom stereocenters. The first-order valence-electron chi connectivity index (χ1n) is 9.23.